The number of hydrogen-bond acceptors (Lipinski definition) is 3. The highest BCUT2D eigenvalue weighted by Crippen LogP contribution is 2.27. The highest BCUT2D eigenvalue weighted by molar-refractivity contribution is 7.88. The number of piperidine rings is 1. The number of rotatable bonds is 5. The molecule has 1 atom stereocenters. The van der Waals surface area contributed by atoms with E-state index in [2.05, 4.69) is 5.32 Å². The number of nitrogens with zero attached hydrogens (tertiary/aromatic N) is 1. The van der Waals surface area contributed by atoms with Gasteiger partial charge in [-0.25, -0.2) is 17.1 Å². The highest BCUT2D eigenvalue weighted by atomic mass is 35.5. The molecule has 1 aliphatic rings. The molecule has 1 N–H and O–H groups in total. The Kier molecular flexibility index (Phi) is 5.82. The molecule has 0 radical (unpaired) electrons. The van der Waals surface area contributed by atoms with E-state index in [0.29, 0.717) is 18.7 Å². The Hall–Kier alpha value is -0.690. The maximum Gasteiger partial charge on any atom is 0.211 e. The van der Waals surface area contributed by atoms with Crippen LogP contribution in [0.2, 0.25) is 5.02 Å². The van der Waals surface area contributed by atoms with Gasteiger partial charge < -0.3 is 5.32 Å². The molecule has 124 valence electrons. The van der Waals surface area contributed by atoms with Crippen LogP contribution in [0.3, 0.4) is 0 Å². The third kappa shape index (κ3) is 4.19. The van der Waals surface area contributed by atoms with Gasteiger partial charge in [0.25, 0.3) is 0 Å². The van der Waals surface area contributed by atoms with Crippen LogP contribution in [0.15, 0.2) is 18.2 Å². The Morgan fingerprint density at radius 3 is 2.59 bits per heavy atom. The van der Waals surface area contributed by atoms with E-state index in [-0.39, 0.29) is 22.9 Å². The summed E-state index contributed by atoms with van der Waals surface area (Å²) in [4.78, 5) is 0. The Balaban J connectivity index is 2.02. The fourth-order valence-electron chi connectivity index (χ4n) is 2.86. The molecule has 0 saturated carbocycles. The van der Waals surface area contributed by atoms with Gasteiger partial charge in [-0.1, -0.05) is 30.7 Å². The molecule has 0 aromatic heterocycles. The van der Waals surface area contributed by atoms with Crippen LogP contribution in [-0.2, 0) is 10.0 Å². The summed E-state index contributed by atoms with van der Waals surface area (Å²) in [6, 6.07) is 5.10. The van der Waals surface area contributed by atoms with Gasteiger partial charge in [0, 0.05) is 30.7 Å². The molecule has 0 amide bonds. The fourth-order valence-corrected chi connectivity index (χ4v) is 3.91. The van der Waals surface area contributed by atoms with Crippen LogP contribution in [0.5, 0.6) is 0 Å². The lowest BCUT2D eigenvalue weighted by molar-refractivity contribution is 0.271. The summed E-state index contributed by atoms with van der Waals surface area (Å²) in [5, 5.41) is 3.57. The normalized spacial score (nSPS) is 19.3. The molecule has 0 aliphatic carbocycles. The molecule has 22 heavy (non-hydrogen) atoms. The third-order valence-electron chi connectivity index (χ3n) is 4.12. The summed E-state index contributed by atoms with van der Waals surface area (Å²) < 4.78 is 38.7. The molecule has 0 spiro atoms. The number of hydrogen-bond donors (Lipinski definition) is 1. The molecule has 0 unspecified atom stereocenters. The average Bonchev–Trinajstić information content (AvgIpc) is 2.47. The van der Waals surface area contributed by atoms with Gasteiger partial charge in [-0.2, -0.15) is 0 Å². The van der Waals surface area contributed by atoms with Crippen molar-refractivity contribution in [1.82, 2.24) is 9.62 Å². The first-order valence-corrected chi connectivity index (χ1v) is 9.70. The van der Waals surface area contributed by atoms with Crippen molar-refractivity contribution in [3.05, 3.63) is 34.6 Å². The fraction of sp³-hybridized carbons (Fsp3) is 0.600. The van der Waals surface area contributed by atoms with Crippen molar-refractivity contribution in [3.63, 3.8) is 0 Å². The molecule has 1 fully saturated rings. The molecule has 0 bridgehead atoms. The van der Waals surface area contributed by atoms with E-state index in [4.69, 9.17) is 11.6 Å². The molecule has 1 aromatic rings. The summed E-state index contributed by atoms with van der Waals surface area (Å²) in [5.74, 6) is -0.378. The monoisotopic (exact) mass is 348 g/mol. The summed E-state index contributed by atoms with van der Waals surface area (Å²) in [6.07, 6.45) is 3.43. The van der Waals surface area contributed by atoms with Crippen LogP contribution in [0, 0.1) is 5.82 Å². The Bertz CT molecular complexity index is 616. The van der Waals surface area contributed by atoms with E-state index >= 15 is 0 Å². The summed E-state index contributed by atoms with van der Waals surface area (Å²) in [6.45, 7) is 3.00. The molecule has 1 aliphatic heterocycles. The maximum atomic E-state index is 14.2. The molecule has 1 heterocycles. The van der Waals surface area contributed by atoms with E-state index in [1.807, 2.05) is 6.92 Å². The lowest BCUT2D eigenvalue weighted by Crippen LogP contribution is -2.45. The number of nitrogens with one attached hydrogen (secondary N) is 1. The minimum absolute atomic E-state index is 0.117. The standard InChI is InChI=1S/C15H22ClFN2O2S/c1-3-14(12-5-4-6-13(16)15(12)17)18-11-7-9-19(10-8-11)22(2,20)21/h4-6,11,14,18H,3,7-10H2,1-2H3/t14-/m0/s1. The van der Waals surface area contributed by atoms with E-state index in [9.17, 15) is 12.8 Å². The molecule has 2 rings (SSSR count). The zero-order valence-corrected chi connectivity index (χ0v) is 14.4. The Labute approximate surface area is 136 Å². The molecule has 1 aromatic carbocycles. The quantitative estimate of drug-likeness (QED) is 0.890. The van der Waals surface area contributed by atoms with E-state index in [1.165, 1.54) is 16.6 Å². The average molecular weight is 349 g/mol. The van der Waals surface area contributed by atoms with Gasteiger partial charge >= 0.3 is 0 Å². The Morgan fingerprint density at radius 2 is 2.05 bits per heavy atom. The first-order chi connectivity index (χ1) is 10.3. The van der Waals surface area contributed by atoms with Crippen LogP contribution < -0.4 is 5.32 Å². The smallest absolute Gasteiger partial charge is 0.211 e. The van der Waals surface area contributed by atoms with E-state index < -0.39 is 10.0 Å². The van der Waals surface area contributed by atoms with Crippen molar-refractivity contribution in [1.29, 1.82) is 0 Å². The second-order valence-corrected chi connectivity index (χ2v) is 8.10. The summed E-state index contributed by atoms with van der Waals surface area (Å²) >= 11 is 5.85. The van der Waals surface area contributed by atoms with Crippen molar-refractivity contribution < 1.29 is 12.8 Å². The van der Waals surface area contributed by atoms with Crippen LogP contribution in [0.4, 0.5) is 4.39 Å². The van der Waals surface area contributed by atoms with Gasteiger partial charge in [-0.05, 0) is 25.3 Å². The largest absolute Gasteiger partial charge is 0.307 e. The van der Waals surface area contributed by atoms with Crippen LogP contribution in [0.25, 0.3) is 0 Å². The van der Waals surface area contributed by atoms with Crippen molar-refractivity contribution in [2.24, 2.45) is 0 Å². The van der Waals surface area contributed by atoms with Crippen LogP contribution >= 0.6 is 11.6 Å². The SMILES string of the molecule is CC[C@H](NC1CCN(S(C)(=O)=O)CC1)c1cccc(Cl)c1F. The predicted octanol–water partition coefficient (Wildman–Crippen LogP) is 2.94. The van der Waals surface area contributed by atoms with Gasteiger partial charge in [0.05, 0.1) is 11.3 Å². The first kappa shape index (κ1) is 17.7. The van der Waals surface area contributed by atoms with E-state index in [1.54, 1.807) is 12.1 Å². The number of halogens is 2. The van der Waals surface area contributed by atoms with Crippen LogP contribution in [0.1, 0.15) is 37.8 Å². The van der Waals surface area contributed by atoms with Crippen molar-refractivity contribution in [2.75, 3.05) is 19.3 Å². The Morgan fingerprint density at radius 1 is 1.41 bits per heavy atom. The maximum absolute atomic E-state index is 14.2. The molecule has 7 heteroatoms. The number of sulfonamides is 1. The topological polar surface area (TPSA) is 49.4 Å². The minimum atomic E-state index is -3.12. The van der Waals surface area contributed by atoms with Crippen molar-refractivity contribution in [2.45, 2.75) is 38.3 Å². The summed E-state index contributed by atoms with van der Waals surface area (Å²) in [5.41, 5.74) is 0.570. The molecule has 4 nitrogen and oxygen atoms in total. The predicted molar refractivity (Wildman–Crippen MR) is 87.0 cm³/mol. The van der Waals surface area contributed by atoms with Crippen LogP contribution in [-0.4, -0.2) is 38.1 Å². The lowest BCUT2D eigenvalue weighted by Gasteiger charge is -2.33. The lowest BCUT2D eigenvalue weighted by atomic mass is 9.99. The minimum Gasteiger partial charge on any atom is -0.307 e. The van der Waals surface area contributed by atoms with Gasteiger partial charge in [-0.15, -0.1) is 0 Å². The second kappa shape index (κ2) is 7.25. The third-order valence-corrected chi connectivity index (χ3v) is 5.72. The number of benzene rings is 1. The van der Waals surface area contributed by atoms with E-state index in [0.717, 1.165) is 19.3 Å². The van der Waals surface area contributed by atoms with Gasteiger partial charge in [0.15, 0.2) is 0 Å². The highest BCUT2D eigenvalue weighted by Gasteiger charge is 2.27. The molecule has 1 saturated heterocycles. The summed E-state index contributed by atoms with van der Waals surface area (Å²) in [7, 11) is -3.12. The first-order valence-electron chi connectivity index (χ1n) is 7.48. The van der Waals surface area contributed by atoms with Crippen molar-refractivity contribution in [3.8, 4) is 0 Å². The van der Waals surface area contributed by atoms with Gasteiger partial charge in [-0.3, -0.25) is 0 Å². The van der Waals surface area contributed by atoms with Gasteiger partial charge in [0.1, 0.15) is 5.82 Å². The molecular weight excluding hydrogens is 327 g/mol. The molecular formula is C15H22ClFN2O2S. The van der Waals surface area contributed by atoms with Gasteiger partial charge in [0.2, 0.25) is 10.0 Å². The zero-order chi connectivity index (χ0) is 16.3. The second-order valence-electron chi connectivity index (χ2n) is 5.71. The zero-order valence-electron chi connectivity index (χ0n) is 12.9. The van der Waals surface area contributed by atoms with Crippen molar-refractivity contribution >= 4 is 21.6 Å².